The molecule has 0 aromatic carbocycles. The van der Waals surface area contributed by atoms with Crippen LogP contribution in [0, 0.1) is 11.5 Å². The molecule has 0 aliphatic carbocycles. The van der Waals surface area contributed by atoms with E-state index in [0.717, 1.165) is 52.1 Å². The lowest BCUT2D eigenvalue weighted by Crippen LogP contribution is -2.35. The summed E-state index contributed by atoms with van der Waals surface area (Å²) < 4.78 is 0. The van der Waals surface area contributed by atoms with Crippen LogP contribution >= 0.6 is 0 Å². The Labute approximate surface area is 104 Å². The third-order valence-electron chi connectivity index (χ3n) is 3.91. The normalized spacial score (nSPS) is 22.7. The number of nitriles is 1. The molecule has 0 saturated carbocycles. The van der Waals surface area contributed by atoms with E-state index in [0.29, 0.717) is 0 Å². The summed E-state index contributed by atoms with van der Waals surface area (Å²) in [5, 5.41) is 8.82. The molecular weight excluding hydrogens is 212 g/mol. The highest BCUT2D eigenvalue weighted by Crippen LogP contribution is 2.26. The van der Waals surface area contributed by atoms with Gasteiger partial charge in [0.05, 0.1) is 0 Å². The topological polar surface area (TPSA) is 56.3 Å². The zero-order valence-corrected chi connectivity index (χ0v) is 10.5. The first kappa shape index (κ1) is 12.4. The molecule has 0 bridgehead atoms. The monoisotopic (exact) mass is 234 g/mol. The molecule has 4 heteroatoms. The fourth-order valence-electron chi connectivity index (χ4n) is 2.81. The standard InChI is InChI=1S/C13H22N4/c14-5-10-16-6-1-12(2-7-16)13-3-8-17(11-15)9-4-13/h1-10,14H2. The predicted octanol–water partition coefficient (Wildman–Crippen LogP) is 0.914. The Morgan fingerprint density at radius 3 is 2.00 bits per heavy atom. The lowest BCUT2D eigenvalue weighted by molar-refractivity contribution is 0.260. The van der Waals surface area contributed by atoms with Crippen LogP contribution in [0.2, 0.25) is 0 Å². The molecule has 2 rings (SSSR count). The van der Waals surface area contributed by atoms with E-state index in [-0.39, 0.29) is 0 Å². The highest BCUT2D eigenvalue weighted by molar-refractivity contribution is 5.19. The summed E-state index contributed by atoms with van der Waals surface area (Å²) in [5.41, 5.74) is 8.87. The van der Waals surface area contributed by atoms with Crippen LogP contribution < -0.4 is 5.73 Å². The van der Waals surface area contributed by atoms with Crippen molar-refractivity contribution in [2.24, 2.45) is 5.73 Å². The first-order valence-corrected chi connectivity index (χ1v) is 6.60. The summed E-state index contributed by atoms with van der Waals surface area (Å²) in [6.07, 6.45) is 6.85. The first-order valence-electron chi connectivity index (χ1n) is 6.60. The van der Waals surface area contributed by atoms with Crippen LogP contribution in [0.25, 0.3) is 0 Å². The van der Waals surface area contributed by atoms with E-state index >= 15 is 0 Å². The largest absolute Gasteiger partial charge is 0.329 e. The smallest absolute Gasteiger partial charge is 0.179 e. The minimum absolute atomic E-state index is 0.767. The third kappa shape index (κ3) is 3.21. The van der Waals surface area contributed by atoms with E-state index in [1.54, 1.807) is 11.1 Å². The van der Waals surface area contributed by atoms with Gasteiger partial charge in [0.2, 0.25) is 0 Å². The fraction of sp³-hybridized carbons (Fsp3) is 0.769. The molecule has 0 aromatic heterocycles. The molecule has 2 N–H and O–H groups in total. The highest BCUT2D eigenvalue weighted by Gasteiger charge is 2.19. The third-order valence-corrected chi connectivity index (χ3v) is 3.91. The Kier molecular flexibility index (Phi) is 4.41. The van der Waals surface area contributed by atoms with Gasteiger partial charge in [0.1, 0.15) is 0 Å². The van der Waals surface area contributed by atoms with Gasteiger partial charge >= 0.3 is 0 Å². The van der Waals surface area contributed by atoms with Crippen LogP contribution in [0.5, 0.6) is 0 Å². The number of nitrogens with two attached hydrogens (primary N) is 1. The minimum Gasteiger partial charge on any atom is -0.329 e. The number of piperidine rings is 2. The zero-order chi connectivity index (χ0) is 12.1. The van der Waals surface area contributed by atoms with Crippen molar-refractivity contribution in [3.05, 3.63) is 11.1 Å². The van der Waals surface area contributed by atoms with E-state index < -0.39 is 0 Å². The molecule has 2 fully saturated rings. The van der Waals surface area contributed by atoms with Crippen molar-refractivity contribution in [2.45, 2.75) is 25.7 Å². The Hall–Kier alpha value is -1.05. The van der Waals surface area contributed by atoms with Crippen LogP contribution in [0.3, 0.4) is 0 Å². The predicted molar refractivity (Wildman–Crippen MR) is 68.2 cm³/mol. The summed E-state index contributed by atoms with van der Waals surface area (Å²) >= 11 is 0. The van der Waals surface area contributed by atoms with Gasteiger partial charge in [0.25, 0.3) is 0 Å². The maximum absolute atomic E-state index is 8.82. The van der Waals surface area contributed by atoms with E-state index in [1.165, 1.54) is 12.8 Å². The molecule has 0 unspecified atom stereocenters. The molecule has 2 heterocycles. The minimum atomic E-state index is 0.767. The maximum Gasteiger partial charge on any atom is 0.179 e. The van der Waals surface area contributed by atoms with Gasteiger partial charge in [-0.15, -0.1) is 0 Å². The van der Waals surface area contributed by atoms with E-state index in [1.807, 2.05) is 4.90 Å². The quantitative estimate of drug-likeness (QED) is 0.570. The van der Waals surface area contributed by atoms with Crippen LogP contribution in [-0.2, 0) is 0 Å². The summed E-state index contributed by atoms with van der Waals surface area (Å²) in [6, 6.07) is 0. The van der Waals surface area contributed by atoms with E-state index in [4.69, 9.17) is 11.0 Å². The number of hydrogen-bond acceptors (Lipinski definition) is 4. The molecule has 0 radical (unpaired) electrons. The number of rotatable bonds is 2. The summed E-state index contributed by atoms with van der Waals surface area (Å²) in [4.78, 5) is 4.32. The van der Waals surface area contributed by atoms with Gasteiger partial charge in [-0.2, -0.15) is 5.26 Å². The van der Waals surface area contributed by atoms with Gasteiger partial charge in [-0.05, 0) is 25.7 Å². The second-order valence-electron chi connectivity index (χ2n) is 4.92. The van der Waals surface area contributed by atoms with E-state index in [9.17, 15) is 0 Å². The van der Waals surface area contributed by atoms with Crippen LogP contribution in [-0.4, -0.2) is 49.1 Å². The highest BCUT2D eigenvalue weighted by atomic mass is 15.1. The summed E-state index contributed by atoms with van der Waals surface area (Å²) in [5.74, 6) is 0. The Morgan fingerprint density at radius 2 is 1.53 bits per heavy atom. The molecule has 2 aliphatic heterocycles. The second kappa shape index (κ2) is 6.04. The van der Waals surface area contributed by atoms with Gasteiger partial charge < -0.3 is 15.5 Å². The van der Waals surface area contributed by atoms with Gasteiger partial charge in [0.15, 0.2) is 6.19 Å². The van der Waals surface area contributed by atoms with Crippen molar-refractivity contribution in [3.8, 4) is 6.19 Å². The van der Waals surface area contributed by atoms with Crippen molar-refractivity contribution < 1.29 is 0 Å². The van der Waals surface area contributed by atoms with Crippen molar-refractivity contribution in [1.29, 1.82) is 5.26 Å². The first-order chi connectivity index (χ1) is 8.33. The number of nitrogens with zero attached hydrogens (tertiary/aromatic N) is 3. The molecule has 0 atom stereocenters. The lowest BCUT2D eigenvalue weighted by Gasteiger charge is -2.31. The Morgan fingerprint density at radius 1 is 1.00 bits per heavy atom. The second-order valence-corrected chi connectivity index (χ2v) is 4.92. The molecule has 17 heavy (non-hydrogen) atoms. The van der Waals surface area contributed by atoms with Gasteiger partial charge in [-0.1, -0.05) is 11.1 Å². The molecule has 2 aliphatic rings. The average Bonchev–Trinajstić information content (AvgIpc) is 2.40. The molecular formula is C13H22N4. The molecule has 0 spiro atoms. The molecule has 0 aromatic rings. The van der Waals surface area contributed by atoms with Gasteiger partial charge in [0, 0.05) is 39.3 Å². The van der Waals surface area contributed by atoms with Crippen molar-refractivity contribution in [1.82, 2.24) is 9.80 Å². The molecule has 2 saturated heterocycles. The van der Waals surface area contributed by atoms with Crippen LogP contribution in [0.1, 0.15) is 25.7 Å². The van der Waals surface area contributed by atoms with Crippen molar-refractivity contribution >= 4 is 0 Å². The Balaban J connectivity index is 1.85. The van der Waals surface area contributed by atoms with E-state index in [2.05, 4.69) is 11.1 Å². The number of likely N-dealkylation sites (tertiary alicyclic amines) is 2. The maximum atomic E-state index is 8.82. The number of hydrogen-bond donors (Lipinski definition) is 1. The van der Waals surface area contributed by atoms with Crippen molar-refractivity contribution in [2.75, 3.05) is 39.3 Å². The lowest BCUT2D eigenvalue weighted by atomic mass is 9.92. The zero-order valence-electron chi connectivity index (χ0n) is 10.5. The fourth-order valence-corrected chi connectivity index (χ4v) is 2.81. The summed E-state index contributed by atoms with van der Waals surface area (Å²) in [7, 11) is 0. The molecule has 4 nitrogen and oxygen atoms in total. The van der Waals surface area contributed by atoms with Crippen LogP contribution in [0.15, 0.2) is 11.1 Å². The average molecular weight is 234 g/mol. The van der Waals surface area contributed by atoms with Gasteiger partial charge in [-0.3, -0.25) is 0 Å². The molecule has 0 amide bonds. The summed E-state index contributed by atoms with van der Waals surface area (Å²) in [6.45, 7) is 5.97. The molecule has 94 valence electrons. The SMILES string of the molecule is N#CN1CCC(=C2CCN(CCN)CC2)CC1. The Bertz CT molecular complexity index is 309. The van der Waals surface area contributed by atoms with Gasteiger partial charge in [-0.25, -0.2) is 0 Å². The van der Waals surface area contributed by atoms with Crippen LogP contribution in [0.4, 0.5) is 0 Å². The van der Waals surface area contributed by atoms with Crippen molar-refractivity contribution in [3.63, 3.8) is 0 Å².